The van der Waals surface area contributed by atoms with E-state index in [4.69, 9.17) is 0 Å². The summed E-state index contributed by atoms with van der Waals surface area (Å²) in [5.41, 5.74) is 1.19. The molecule has 4 atom stereocenters. The average Bonchev–Trinajstić information content (AvgIpc) is 2.96. The maximum atomic E-state index is 12.5. The van der Waals surface area contributed by atoms with E-state index >= 15 is 0 Å². The van der Waals surface area contributed by atoms with Crippen LogP contribution in [0.1, 0.15) is 44.8 Å². The number of nitrogens with one attached hydrogen (secondary N) is 1. The SMILES string of the molecule is CC1NC(c2ccccc2)N(C2CCCC2C)C1=O. The van der Waals surface area contributed by atoms with E-state index in [1.807, 2.05) is 25.1 Å². The Morgan fingerprint density at radius 1 is 1.16 bits per heavy atom. The molecule has 19 heavy (non-hydrogen) atoms. The van der Waals surface area contributed by atoms with E-state index in [0.29, 0.717) is 12.0 Å². The number of carbonyl (C=O) groups excluding carboxylic acids is 1. The van der Waals surface area contributed by atoms with Gasteiger partial charge in [-0.15, -0.1) is 0 Å². The van der Waals surface area contributed by atoms with Gasteiger partial charge in [0.1, 0.15) is 6.17 Å². The van der Waals surface area contributed by atoms with Crippen molar-refractivity contribution in [3.05, 3.63) is 35.9 Å². The molecule has 4 unspecified atom stereocenters. The number of nitrogens with zero attached hydrogens (tertiary/aromatic N) is 1. The summed E-state index contributed by atoms with van der Waals surface area (Å²) in [5, 5.41) is 3.44. The molecule has 1 heterocycles. The quantitative estimate of drug-likeness (QED) is 0.884. The Bertz CT molecular complexity index is 459. The molecule has 1 saturated heterocycles. The molecule has 1 N–H and O–H groups in total. The normalized spacial score (nSPS) is 35.1. The molecule has 2 fully saturated rings. The molecule has 3 rings (SSSR count). The molecular weight excluding hydrogens is 236 g/mol. The maximum absolute atomic E-state index is 12.5. The van der Waals surface area contributed by atoms with Gasteiger partial charge in [0.15, 0.2) is 0 Å². The van der Waals surface area contributed by atoms with Crippen molar-refractivity contribution in [2.24, 2.45) is 5.92 Å². The smallest absolute Gasteiger partial charge is 0.241 e. The van der Waals surface area contributed by atoms with E-state index in [1.165, 1.54) is 18.4 Å². The van der Waals surface area contributed by atoms with Gasteiger partial charge in [0.25, 0.3) is 0 Å². The highest BCUT2D eigenvalue weighted by Gasteiger charge is 2.43. The molecule has 1 aliphatic heterocycles. The van der Waals surface area contributed by atoms with Crippen LogP contribution in [0.4, 0.5) is 0 Å². The lowest BCUT2D eigenvalue weighted by Gasteiger charge is -2.33. The van der Waals surface area contributed by atoms with Crippen LogP contribution < -0.4 is 5.32 Å². The number of amides is 1. The van der Waals surface area contributed by atoms with Gasteiger partial charge in [-0.2, -0.15) is 0 Å². The Hall–Kier alpha value is -1.35. The van der Waals surface area contributed by atoms with Crippen LogP contribution in [0.25, 0.3) is 0 Å². The minimum atomic E-state index is -0.0713. The molecule has 1 aromatic rings. The van der Waals surface area contributed by atoms with Crippen LogP contribution in [0.2, 0.25) is 0 Å². The monoisotopic (exact) mass is 258 g/mol. The van der Waals surface area contributed by atoms with Crippen molar-refractivity contribution in [3.8, 4) is 0 Å². The second-order valence-electron chi connectivity index (χ2n) is 5.92. The minimum absolute atomic E-state index is 0.0502. The summed E-state index contributed by atoms with van der Waals surface area (Å²) >= 11 is 0. The van der Waals surface area contributed by atoms with E-state index in [9.17, 15) is 4.79 Å². The summed E-state index contributed by atoms with van der Waals surface area (Å²) in [4.78, 5) is 14.6. The Labute approximate surface area is 115 Å². The lowest BCUT2D eigenvalue weighted by molar-refractivity contribution is -0.132. The molecule has 0 bridgehead atoms. The third-order valence-electron chi connectivity index (χ3n) is 4.60. The number of carbonyl (C=O) groups is 1. The molecule has 102 valence electrons. The van der Waals surface area contributed by atoms with Crippen LogP contribution in [-0.4, -0.2) is 22.9 Å². The van der Waals surface area contributed by atoms with Crippen LogP contribution in [0.15, 0.2) is 30.3 Å². The van der Waals surface area contributed by atoms with E-state index in [0.717, 1.165) is 6.42 Å². The van der Waals surface area contributed by atoms with Gasteiger partial charge in [0, 0.05) is 6.04 Å². The van der Waals surface area contributed by atoms with E-state index < -0.39 is 0 Å². The molecule has 0 spiro atoms. The molecule has 1 aromatic carbocycles. The Kier molecular flexibility index (Phi) is 3.31. The predicted molar refractivity (Wildman–Crippen MR) is 75.4 cm³/mol. The number of rotatable bonds is 2. The standard InChI is InChI=1S/C16H22N2O/c1-11-7-6-10-14(11)18-15(17-12(2)16(18)19)13-8-4-3-5-9-13/h3-5,8-9,11-12,14-15,17H,6-7,10H2,1-2H3. The van der Waals surface area contributed by atoms with Gasteiger partial charge >= 0.3 is 0 Å². The molecule has 1 amide bonds. The summed E-state index contributed by atoms with van der Waals surface area (Å²) in [6.07, 6.45) is 3.68. The zero-order valence-corrected chi connectivity index (χ0v) is 11.7. The molecule has 0 aromatic heterocycles. The van der Waals surface area contributed by atoms with Crippen LogP contribution in [-0.2, 0) is 4.79 Å². The third-order valence-corrected chi connectivity index (χ3v) is 4.60. The fourth-order valence-corrected chi connectivity index (χ4v) is 3.53. The van der Waals surface area contributed by atoms with Crippen LogP contribution in [0.3, 0.4) is 0 Å². The largest absolute Gasteiger partial charge is 0.318 e. The lowest BCUT2D eigenvalue weighted by Crippen LogP contribution is -2.41. The second kappa shape index (κ2) is 4.97. The molecular formula is C16H22N2O. The summed E-state index contributed by atoms with van der Waals surface area (Å²) in [6.45, 7) is 4.24. The van der Waals surface area contributed by atoms with Gasteiger partial charge in [-0.25, -0.2) is 0 Å². The van der Waals surface area contributed by atoms with Crippen molar-refractivity contribution in [3.63, 3.8) is 0 Å². The van der Waals surface area contributed by atoms with Crippen molar-refractivity contribution in [2.75, 3.05) is 0 Å². The van der Waals surface area contributed by atoms with E-state index in [-0.39, 0.29) is 18.1 Å². The fourth-order valence-electron chi connectivity index (χ4n) is 3.53. The summed E-state index contributed by atoms with van der Waals surface area (Å²) in [5.74, 6) is 0.870. The first-order chi connectivity index (χ1) is 9.18. The summed E-state index contributed by atoms with van der Waals surface area (Å²) < 4.78 is 0. The Morgan fingerprint density at radius 3 is 2.53 bits per heavy atom. The maximum Gasteiger partial charge on any atom is 0.241 e. The van der Waals surface area contributed by atoms with Crippen molar-refractivity contribution in [2.45, 2.75) is 51.4 Å². The van der Waals surface area contributed by atoms with Crippen molar-refractivity contribution >= 4 is 5.91 Å². The molecule has 2 aliphatic rings. The highest BCUT2D eigenvalue weighted by Crippen LogP contribution is 2.37. The average molecular weight is 258 g/mol. The zero-order chi connectivity index (χ0) is 13.4. The van der Waals surface area contributed by atoms with Crippen molar-refractivity contribution in [1.29, 1.82) is 0 Å². The molecule has 1 aliphatic carbocycles. The van der Waals surface area contributed by atoms with Gasteiger partial charge in [-0.1, -0.05) is 43.7 Å². The molecule has 3 nitrogen and oxygen atoms in total. The van der Waals surface area contributed by atoms with E-state index in [2.05, 4.69) is 29.3 Å². The number of hydrogen-bond acceptors (Lipinski definition) is 2. The highest BCUT2D eigenvalue weighted by atomic mass is 16.2. The first kappa shape index (κ1) is 12.7. The van der Waals surface area contributed by atoms with E-state index in [1.54, 1.807) is 0 Å². The highest BCUT2D eigenvalue weighted by molar-refractivity contribution is 5.84. The van der Waals surface area contributed by atoms with Gasteiger partial charge < -0.3 is 4.90 Å². The molecule has 0 radical (unpaired) electrons. The van der Waals surface area contributed by atoms with Gasteiger partial charge in [-0.05, 0) is 31.2 Å². The number of hydrogen-bond donors (Lipinski definition) is 1. The van der Waals surface area contributed by atoms with Crippen molar-refractivity contribution in [1.82, 2.24) is 10.2 Å². The number of benzene rings is 1. The first-order valence-corrected chi connectivity index (χ1v) is 7.31. The molecule has 3 heteroatoms. The van der Waals surface area contributed by atoms with Gasteiger partial charge in [0.05, 0.1) is 6.04 Å². The fraction of sp³-hybridized carbons (Fsp3) is 0.562. The van der Waals surface area contributed by atoms with Gasteiger partial charge in [0.2, 0.25) is 5.91 Å². The predicted octanol–water partition coefficient (Wildman–Crippen LogP) is 2.69. The third kappa shape index (κ3) is 2.16. The van der Waals surface area contributed by atoms with Gasteiger partial charge in [-0.3, -0.25) is 10.1 Å². The first-order valence-electron chi connectivity index (χ1n) is 7.31. The van der Waals surface area contributed by atoms with Crippen LogP contribution >= 0.6 is 0 Å². The Balaban J connectivity index is 1.92. The summed E-state index contributed by atoms with van der Waals surface area (Å²) in [7, 11) is 0. The van der Waals surface area contributed by atoms with Crippen LogP contribution in [0, 0.1) is 5.92 Å². The van der Waals surface area contributed by atoms with Crippen molar-refractivity contribution < 1.29 is 4.79 Å². The summed E-state index contributed by atoms with van der Waals surface area (Å²) in [6, 6.07) is 10.6. The van der Waals surface area contributed by atoms with Crippen LogP contribution in [0.5, 0.6) is 0 Å². The lowest BCUT2D eigenvalue weighted by atomic mass is 10.0. The topological polar surface area (TPSA) is 32.3 Å². The Morgan fingerprint density at radius 2 is 1.89 bits per heavy atom. The minimum Gasteiger partial charge on any atom is -0.318 e. The zero-order valence-electron chi connectivity index (χ0n) is 11.7. The molecule has 1 saturated carbocycles. The second-order valence-corrected chi connectivity index (χ2v) is 5.92.